The highest BCUT2D eigenvalue weighted by atomic mass is 16.6. The molecule has 0 unspecified atom stereocenters. The van der Waals surface area contributed by atoms with Crippen molar-refractivity contribution in [1.29, 1.82) is 0 Å². The molecule has 8 nitrogen and oxygen atoms in total. The summed E-state index contributed by atoms with van der Waals surface area (Å²) in [6.45, 7) is 1.27. The molecule has 158 valence electrons. The lowest BCUT2D eigenvalue weighted by atomic mass is 10.0. The number of rotatable bonds is 8. The summed E-state index contributed by atoms with van der Waals surface area (Å²) >= 11 is 0. The number of nitro groups is 1. The van der Waals surface area contributed by atoms with Gasteiger partial charge in [-0.2, -0.15) is 0 Å². The second-order valence-electron chi connectivity index (χ2n) is 6.97. The minimum atomic E-state index is -0.706. The third kappa shape index (κ3) is 5.72. The lowest BCUT2D eigenvalue weighted by Crippen LogP contribution is -2.18. The van der Waals surface area contributed by atoms with Gasteiger partial charge in [-0.15, -0.1) is 0 Å². The fourth-order valence-electron chi connectivity index (χ4n) is 2.99. The summed E-state index contributed by atoms with van der Waals surface area (Å²) in [6, 6.07) is 17.2. The molecule has 3 aromatic carbocycles. The molecule has 0 fully saturated rings. The van der Waals surface area contributed by atoms with E-state index in [0.29, 0.717) is 11.1 Å². The van der Waals surface area contributed by atoms with Crippen molar-refractivity contribution in [2.45, 2.75) is 19.8 Å². The number of nitro benzene ring substituents is 1. The van der Waals surface area contributed by atoms with Crippen LogP contribution in [-0.4, -0.2) is 29.2 Å². The third-order valence-electron chi connectivity index (χ3n) is 4.62. The highest BCUT2D eigenvalue weighted by molar-refractivity contribution is 6.01. The molecule has 1 amide bonds. The molecule has 0 saturated carbocycles. The van der Waals surface area contributed by atoms with Crippen molar-refractivity contribution in [3.8, 4) is 0 Å². The number of hydrogen-bond donors (Lipinski definition) is 1. The van der Waals surface area contributed by atoms with Crippen LogP contribution in [0.4, 0.5) is 11.4 Å². The molecule has 31 heavy (non-hydrogen) atoms. The quantitative estimate of drug-likeness (QED) is 0.253. The number of nitrogens with zero attached hydrogens (tertiary/aromatic N) is 1. The Morgan fingerprint density at radius 1 is 0.968 bits per heavy atom. The van der Waals surface area contributed by atoms with E-state index in [1.54, 1.807) is 25.1 Å². The summed E-state index contributed by atoms with van der Waals surface area (Å²) < 4.78 is 4.97. The Hall–Kier alpha value is -4.07. The van der Waals surface area contributed by atoms with Gasteiger partial charge < -0.3 is 10.1 Å². The van der Waals surface area contributed by atoms with Crippen LogP contribution < -0.4 is 5.32 Å². The van der Waals surface area contributed by atoms with E-state index in [2.05, 4.69) is 5.32 Å². The number of benzene rings is 3. The number of Topliss-reactive ketones (excluding diaryl/α,β-unsaturated/α-hetero) is 1. The fraction of sp³-hybridized carbons (Fsp3) is 0.174. The molecular formula is C23H20N2O6. The van der Waals surface area contributed by atoms with Crippen molar-refractivity contribution in [2.75, 3.05) is 11.9 Å². The summed E-state index contributed by atoms with van der Waals surface area (Å²) in [5, 5.41) is 15.4. The first-order chi connectivity index (χ1) is 14.8. The fourth-order valence-corrected chi connectivity index (χ4v) is 2.99. The highest BCUT2D eigenvalue weighted by Gasteiger charge is 2.17. The molecule has 8 heteroatoms. The van der Waals surface area contributed by atoms with Gasteiger partial charge in [0.1, 0.15) is 5.69 Å². The first-order valence-electron chi connectivity index (χ1n) is 9.56. The van der Waals surface area contributed by atoms with Crippen LogP contribution >= 0.6 is 0 Å². The van der Waals surface area contributed by atoms with Crippen molar-refractivity contribution in [3.05, 3.63) is 81.9 Å². The number of aryl methyl sites for hydroxylation is 1. The van der Waals surface area contributed by atoms with Gasteiger partial charge in [-0.1, -0.05) is 42.5 Å². The number of carbonyl (C=O) groups is 3. The van der Waals surface area contributed by atoms with Gasteiger partial charge in [0.25, 0.3) is 5.69 Å². The monoisotopic (exact) mass is 420 g/mol. The Kier molecular flexibility index (Phi) is 6.71. The minimum absolute atomic E-state index is 0.0560. The first-order valence-corrected chi connectivity index (χ1v) is 9.56. The van der Waals surface area contributed by atoms with E-state index >= 15 is 0 Å². The van der Waals surface area contributed by atoms with Crippen LogP contribution in [0.25, 0.3) is 10.8 Å². The predicted molar refractivity (Wildman–Crippen MR) is 115 cm³/mol. The lowest BCUT2D eigenvalue weighted by molar-refractivity contribution is -0.384. The Morgan fingerprint density at radius 3 is 2.45 bits per heavy atom. The molecular weight excluding hydrogens is 400 g/mol. The number of ether oxygens (including phenoxy) is 1. The normalized spacial score (nSPS) is 10.5. The molecule has 3 rings (SSSR count). The number of carbonyl (C=O) groups excluding carboxylic acids is 3. The molecule has 1 N–H and O–H groups in total. The van der Waals surface area contributed by atoms with E-state index in [1.165, 1.54) is 12.1 Å². The maximum atomic E-state index is 12.3. The van der Waals surface area contributed by atoms with Gasteiger partial charge in [0, 0.05) is 18.1 Å². The van der Waals surface area contributed by atoms with E-state index in [0.717, 1.165) is 10.8 Å². The molecule has 0 bridgehead atoms. The Labute approximate surface area is 178 Å². The summed E-state index contributed by atoms with van der Waals surface area (Å²) in [7, 11) is 0. The van der Waals surface area contributed by atoms with Crippen LogP contribution in [0.15, 0.2) is 60.7 Å². The summed E-state index contributed by atoms with van der Waals surface area (Å²) in [5.74, 6) is -1.62. The van der Waals surface area contributed by atoms with Crippen molar-refractivity contribution in [1.82, 2.24) is 0 Å². The van der Waals surface area contributed by atoms with Gasteiger partial charge in [-0.05, 0) is 35.4 Å². The molecule has 3 aromatic rings. The van der Waals surface area contributed by atoms with Crippen LogP contribution in [0.5, 0.6) is 0 Å². The van der Waals surface area contributed by atoms with Gasteiger partial charge in [0.05, 0.1) is 11.3 Å². The van der Waals surface area contributed by atoms with Gasteiger partial charge in [-0.25, -0.2) is 0 Å². The standard InChI is InChI=1S/C23H20N2O6/c1-15-6-9-19(20(12-15)25(29)30)24-22(27)10-11-23(28)31-14-21(26)18-8-7-16-4-2-3-5-17(16)13-18/h2-9,12-13H,10-11,14H2,1H3,(H,24,27). The highest BCUT2D eigenvalue weighted by Crippen LogP contribution is 2.25. The van der Waals surface area contributed by atoms with Gasteiger partial charge in [-0.3, -0.25) is 24.5 Å². The van der Waals surface area contributed by atoms with Gasteiger partial charge in [0.15, 0.2) is 12.4 Å². The Balaban J connectivity index is 1.49. The van der Waals surface area contributed by atoms with Crippen molar-refractivity contribution in [3.63, 3.8) is 0 Å². The van der Waals surface area contributed by atoms with Crippen LogP contribution in [-0.2, 0) is 14.3 Å². The number of fused-ring (bicyclic) bond motifs is 1. The van der Waals surface area contributed by atoms with Crippen molar-refractivity contribution in [2.24, 2.45) is 0 Å². The van der Waals surface area contributed by atoms with E-state index in [9.17, 15) is 24.5 Å². The van der Waals surface area contributed by atoms with E-state index in [1.807, 2.05) is 30.3 Å². The number of nitrogens with one attached hydrogen (secondary N) is 1. The van der Waals surface area contributed by atoms with Crippen LogP contribution in [0.3, 0.4) is 0 Å². The summed E-state index contributed by atoms with van der Waals surface area (Å²) in [6.07, 6.45) is -0.482. The average Bonchev–Trinajstić information content (AvgIpc) is 2.76. The third-order valence-corrected chi connectivity index (χ3v) is 4.62. The Morgan fingerprint density at radius 2 is 1.71 bits per heavy atom. The molecule has 0 atom stereocenters. The topological polar surface area (TPSA) is 116 Å². The zero-order valence-electron chi connectivity index (χ0n) is 16.8. The van der Waals surface area contributed by atoms with Crippen LogP contribution in [0.2, 0.25) is 0 Å². The molecule has 0 saturated heterocycles. The Bertz CT molecular complexity index is 1170. The number of esters is 1. The zero-order valence-corrected chi connectivity index (χ0v) is 16.8. The number of hydrogen-bond acceptors (Lipinski definition) is 6. The molecule has 0 aromatic heterocycles. The zero-order chi connectivity index (χ0) is 22.4. The molecule has 0 aliphatic carbocycles. The summed E-state index contributed by atoms with van der Waals surface area (Å²) in [4.78, 5) is 46.8. The second kappa shape index (κ2) is 9.62. The predicted octanol–water partition coefficient (Wildman–Crippen LogP) is 4.20. The maximum Gasteiger partial charge on any atom is 0.306 e. The lowest BCUT2D eigenvalue weighted by Gasteiger charge is -2.07. The molecule has 0 radical (unpaired) electrons. The van der Waals surface area contributed by atoms with Crippen molar-refractivity contribution < 1.29 is 24.0 Å². The maximum absolute atomic E-state index is 12.3. The van der Waals surface area contributed by atoms with E-state index in [4.69, 9.17) is 4.74 Å². The molecule has 0 aliphatic heterocycles. The number of ketones is 1. The molecule has 0 spiro atoms. The van der Waals surface area contributed by atoms with E-state index < -0.39 is 23.4 Å². The SMILES string of the molecule is Cc1ccc(NC(=O)CCC(=O)OCC(=O)c2ccc3ccccc3c2)c([N+](=O)[O-])c1. The van der Waals surface area contributed by atoms with Gasteiger partial charge >= 0.3 is 5.97 Å². The van der Waals surface area contributed by atoms with Crippen LogP contribution in [0.1, 0.15) is 28.8 Å². The van der Waals surface area contributed by atoms with Gasteiger partial charge in [0.2, 0.25) is 5.91 Å². The number of amides is 1. The smallest absolute Gasteiger partial charge is 0.306 e. The molecule has 0 aliphatic rings. The first kappa shape index (κ1) is 21.6. The van der Waals surface area contributed by atoms with E-state index in [-0.39, 0.29) is 30.0 Å². The largest absolute Gasteiger partial charge is 0.457 e. The van der Waals surface area contributed by atoms with Crippen molar-refractivity contribution >= 4 is 39.8 Å². The minimum Gasteiger partial charge on any atom is -0.457 e. The molecule has 0 heterocycles. The summed E-state index contributed by atoms with van der Waals surface area (Å²) in [5.41, 5.74) is 0.942. The van der Waals surface area contributed by atoms with Crippen LogP contribution in [0, 0.1) is 17.0 Å². The second-order valence-corrected chi connectivity index (χ2v) is 6.97. The number of anilines is 1. The average molecular weight is 420 g/mol.